The molecule has 1 saturated carbocycles. The summed E-state index contributed by atoms with van der Waals surface area (Å²) in [5.74, 6) is 2.25. The van der Waals surface area contributed by atoms with Crippen LogP contribution in [-0.4, -0.2) is 24.8 Å². The Bertz CT molecular complexity index is 867. The molecule has 0 spiro atoms. The number of aryl methyl sites for hydroxylation is 1. The van der Waals surface area contributed by atoms with Crippen LogP contribution in [0.15, 0.2) is 35.1 Å². The second-order valence-corrected chi connectivity index (χ2v) is 6.94. The number of imidazole rings is 1. The quantitative estimate of drug-likeness (QED) is 0.797. The summed E-state index contributed by atoms with van der Waals surface area (Å²) in [7, 11) is 1.94. The van der Waals surface area contributed by atoms with E-state index in [0.29, 0.717) is 11.6 Å². The molecule has 1 N–H and O–H groups in total. The van der Waals surface area contributed by atoms with Gasteiger partial charge in [0.1, 0.15) is 17.1 Å². The van der Waals surface area contributed by atoms with Gasteiger partial charge in [-0.3, -0.25) is 4.98 Å². The van der Waals surface area contributed by atoms with E-state index in [1.54, 1.807) is 20.0 Å². The first kappa shape index (κ1) is 15.1. The van der Waals surface area contributed by atoms with Crippen LogP contribution in [0.25, 0.3) is 22.8 Å². The SMILES string of the molecule is Cn1cc(-c2ccc(C(C)(C)O)nc2)nc1-c1cc(C2CC2)on1. The second-order valence-electron chi connectivity index (χ2n) is 6.94. The molecule has 24 heavy (non-hydrogen) atoms. The minimum atomic E-state index is -0.951. The van der Waals surface area contributed by atoms with Crippen LogP contribution < -0.4 is 0 Å². The monoisotopic (exact) mass is 324 g/mol. The standard InChI is InChI=1S/C18H20N4O2/c1-18(2,23)16-7-6-12(9-19-16)14-10-22(3)17(20-14)13-8-15(24-21-13)11-4-5-11/h6-11,23H,4-5H2,1-3H3. The molecule has 1 aliphatic carbocycles. The maximum atomic E-state index is 10.00. The molecule has 4 rings (SSSR count). The van der Waals surface area contributed by atoms with Crippen molar-refractivity contribution in [2.45, 2.75) is 38.2 Å². The van der Waals surface area contributed by atoms with Crippen molar-refractivity contribution in [3.63, 3.8) is 0 Å². The van der Waals surface area contributed by atoms with Gasteiger partial charge in [0.25, 0.3) is 0 Å². The Morgan fingerprint density at radius 3 is 2.67 bits per heavy atom. The lowest BCUT2D eigenvalue weighted by molar-refractivity contribution is 0.0739. The zero-order chi connectivity index (χ0) is 16.9. The van der Waals surface area contributed by atoms with E-state index in [4.69, 9.17) is 4.52 Å². The van der Waals surface area contributed by atoms with Gasteiger partial charge in [0.05, 0.1) is 11.4 Å². The van der Waals surface area contributed by atoms with E-state index in [-0.39, 0.29) is 0 Å². The number of rotatable bonds is 4. The van der Waals surface area contributed by atoms with Gasteiger partial charge < -0.3 is 14.2 Å². The first-order valence-corrected chi connectivity index (χ1v) is 8.11. The van der Waals surface area contributed by atoms with Gasteiger partial charge in [-0.25, -0.2) is 4.98 Å². The average molecular weight is 324 g/mol. The molecule has 0 bridgehead atoms. The molecule has 6 nitrogen and oxygen atoms in total. The summed E-state index contributed by atoms with van der Waals surface area (Å²) in [6, 6.07) is 5.73. The van der Waals surface area contributed by atoms with Crippen molar-refractivity contribution in [1.82, 2.24) is 19.7 Å². The lowest BCUT2D eigenvalue weighted by Crippen LogP contribution is -2.17. The Morgan fingerprint density at radius 1 is 1.25 bits per heavy atom. The van der Waals surface area contributed by atoms with E-state index < -0.39 is 5.60 Å². The zero-order valence-corrected chi connectivity index (χ0v) is 14.0. The number of aromatic nitrogens is 4. The largest absolute Gasteiger partial charge is 0.384 e. The molecule has 1 aliphatic rings. The van der Waals surface area contributed by atoms with Crippen molar-refractivity contribution in [1.29, 1.82) is 0 Å². The molecule has 3 aromatic rings. The number of pyridine rings is 1. The first-order valence-electron chi connectivity index (χ1n) is 8.11. The molecule has 0 radical (unpaired) electrons. The average Bonchev–Trinajstić information content (AvgIpc) is 3.15. The number of aliphatic hydroxyl groups is 1. The van der Waals surface area contributed by atoms with Crippen LogP contribution >= 0.6 is 0 Å². The van der Waals surface area contributed by atoms with Crippen molar-refractivity contribution in [3.05, 3.63) is 42.0 Å². The van der Waals surface area contributed by atoms with Crippen molar-refractivity contribution < 1.29 is 9.63 Å². The van der Waals surface area contributed by atoms with Crippen molar-refractivity contribution in [2.75, 3.05) is 0 Å². The molecule has 0 saturated heterocycles. The van der Waals surface area contributed by atoms with Gasteiger partial charge in [-0.05, 0) is 38.8 Å². The summed E-state index contributed by atoms with van der Waals surface area (Å²) in [6.07, 6.45) is 6.04. The highest BCUT2D eigenvalue weighted by Gasteiger charge is 2.28. The Balaban J connectivity index is 1.65. The normalized spacial score (nSPS) is 15.0. The van der Waals surface area contributed by atoms with E-state index in [2.05, 4.69) is 15.1 Å². The van der Waals surface area contributed by atoms with Crippen molar-refractivity contribution in [2.24, 2.45) is 7.05 Å². The van der Waals surface area contributed by atoms with Gasteiger partial charge in [0, 0.05) is 37.0 Å². The van der Waals surface area contributed by atoms with E-state index >= 15 is 0 Å². The molecule has 0 amide bonds. The van der Waals surface area contributed by atoms with Crippen LogP contribution in [-0.2, 0) is 12.6 Å². The fourth-order valence-corrected chi connectivity index (χ4v) is 2.71. The molecular weight excluding hydrogens is 304 g/mol. The zero-order valence-electron chi connectivity index (χ0n) is 14.0. The smallest absolute Gasteiger partial charge is 0.162 e. The fraction of sp³-hybridized carbons (Fsp3) is 0.389. The summed E-state index contributed by atoms with van der Waals surface area (Å²) >= 11 is 0. The molecule has 1 fully saturated rings. The molecule has 3 heterocycles. The summed E-state index contributed by atoms with van der Waals surface area (Å²) < 4.78 is 7.36. The Hall–Kier alpha value is -2.47. The predicted molar refractivity (Wildman–Crippen MR) is 89.2 cm³/mol. The highest BCUT2D eigenvalue weighted by Crippen LogP contribution is 2.41. The Kier molecular flexibility index (Phi) is 3.31. The fourth-order valence-electron chi connectivity index (χ4n) is 2.71. The molecule has 0 aliphatic heterocycles. The minimum absolute atomic E-state index is 0.532. The van der Waals surface area contributed by atoms with Crippen LogP contribution in [0.1, 0.15) is 44.1 Å². The lowest BCUT2D eigenvalue weighted by atomic mass is 10.0. The Labute approximate surface area is 140 Å². The topological polar surface area (TPSA) is 77.0 Å². The third-order valence-corrected chi connectivity index (χ3v) is 4.30. The summed E-state index contributed by atoms with van der Waals surface area (Å²) in [5, 5.41) is 14.2. The van der Waals surface area contributed by atoms with E-state index in [0.717, 1.165) is 28.5 Å². The Morgan fingerprint density at radius 2 is 2.04 bits per heavy atom. The lowest BCUT2D eigenvalue weighted by Gasteiger charge is -2.16. The number of hydrogen-bond acceptors (Lipinski definition) is 5. The molecule has 0 unspecified atom stereocenters. The van der Waals surface area contributed by atoms with Gasteiger partial charge in [0.2, 0.25) is 0 Å². The first-order chi connectivity index (χ1) is 11.4. The minimum Gasteiger partial charge on any atom is -0.384 e. The highest BCUT2D eigenvalue weighted by molar-refractivity contribution is 5.62. The molecule has 6 heteroatoms. The predicted octanol–water partition coefficient (Wildman–Crippen LogP) is 3.24. The number of hydrogen-bond donors (Lipinski definition) is 1. The van der Waals surface area contributed by atoms with E-state index in [1.165, 1.54) is 12.8 Å². The van der Waals surface area contributed by atoms with E-state index in [9.17, 15) is 5.11 Å². The van der Waals surface area contributed by atoms with Gasteiger partial charge >= 0.3 is 0 Å². The summed E-state index contributed by atoms with van der Waals surface area (Å²) in [6.45, 7) is 3.44. The van der Waals surface area contributed by atoms with Crippen LogP contribution in [0, 0.1) is 0 Å². The van der Waals surface area contributed by atoms with Crippen LogP contribution in [0.2, 0.25) is 0 Å². The highest BCUT2D eigenvalue weighted by atomic mass is 16.5. The van der Waals surface area contributed by atoms with Gasteiger partial charge in [-0.2, -0.15) is 0 Å². The van der Waals surface area contributed by atoms with Crippen LogP contribution in [0.3, 0.4) is 0 Å². The van der Waals surface area contributed by atoms with Gasteiger partial charge in [0.15, 0.2) is 5.82 Å². The maximum absolute atomic E-state index is 10.00. The summed E-state index contributed by atoms with van der Waals surface area (Å²) in [5.41, 5.74) is 2.15. The summed E-state index contributed by atoms with van der Waals surface area (Å²) in [4.78, 5) is 9.01. The van der Waals surface area contributed by atoms with E-state index in [1.807, 2.05) is 36.0 Å². The van der Waals surface area contributed by atoms with Crippen molar-refractivity contribution in [3.8, 4) is 22.8 Å². The second kappa shape index (κ2) is 5.27. The van der Waals surface area contributed by atoms with Gasteiger partial charge in [-0.15, -0.1) is 0 Å². The maximum Gasteiger partial charge on any atom is 0.162 e. The van der Waals surface area contributed by atoms with Crippen LogP contribution in [0.5, 0.6) is 0 Å². The van der Waals surface area contributed by atoms with Gasteiger partial charge in [-0.1, -0.05) is 5.16 Å². The third kappa shape index (κ3) is 2.73. The molecule has 124 valence electrons. The van der Waals surface area contributed by atoms with Crippen molar-refractivity contribution >= 4 is 0 Å². The molecule has 0 aromatic carbocycles. The number of nitrogens with zero attached hydrogens (tertiary/aromatic N) is 4. The van der Waals surface area contributed by atoms with Crippen LogP contribution in [0.4, 0.5) is 0 Å². The third-order valence-electron chi connectivity index (χ3n) is 4.30. The molecule has 3 aromatic heterocycles. The molecule has 0 atom stereocenters. The molecular formula is C18H20N4O2.